The van der Waals surface area contributed by atoms with Crippen molar-refractivity contribution in [3.8, 4) is 5.88 Å². The summed E-state index contributed by atoms with van der Waals surface area (Å²) in [5.41, 5.74) is 0.713. The van der Waals surface area contributed by atoms with Crippen LogP contribution < -0.4 is 4.74 Å². The second-order valence-corrected chi connectivity index (χ2v) is 2.67. The second kappa shape index (κ2) is 3.52. The van der Waals surface area contributed by atoms with Crippen LogP contribution >= 0.6 is 11.8 Å². The van der Waals surface area contributed by atoms with Gasteiger partial charge >= 0.3 is 0 Å². The third-order valence-corrected chi connectivity index (χ3v) is 1.71. The zero-order chi connectivity index (χ0) is 8.27. The molecule has 0 aliphatic carbocycles. The van der Waals surface area contributed by atoms with Crippen LogP contribution in [0, 0.1) is 6.92 Å². The number of aromatic nitrogens is 3. The Balaban J connectivity index is 3.02. The minimum absolute atomic E-state index is 0.546. The monoisotopic (exact) mass is 171 g/mol. The normalized spacial score (nSPS) is 9.73. The van der Waals surface area contributed by atoms with Gasteiger partial charge < -0.3 is 4.74 Å². The van der Waals surface area contributed by atoms with Crippen molar-refractivity contribution >= 4 is 11.8 Å². The highest BCUT2D eigenvalue weighted by atomic mass is 32.2. The highest BCUT2D eigenvalue weighted by Crippen LogP contribution is 2.14. The first-order valence-corrected chi connectivity index (χ1v) is 4.29. The highest BCUT2D eigenvalue weighted by Gasteiger charge is 2.02. The van der Waals surface area contributed by atoms with Crippen LogP contribution in [-0.2, 0) is 0 Å². The number of nitrogens with zero attached hydrogens (tertiary/aromatic N) is 3. The van der Waals surface area contributed by atoms with Gasteiger partial charge in [0.15, 0.2) is 0 Å². The third kappa shape index (κ3) is 1.80. The minimum Gasteiger partial charge on any atom is -0.480 e. The average molecular weight is 171 g/mol. The molecule has 0 unspecified atom stereocenters. The first-order valence-electron chi connectivity index (χ1n) is 3.07. The van der Waals surface area contributed by atoms with E-state index < -0.39 is 0 Å². The van der Waals surface area contributed by atoms with E-state index in [4.69, 9.17) is 4.74 Å². The van der Waals surface area contributed by atoms with Crippen molar-refractivity contribution in [1.29, 1.82) is 0 Å². The van der Waals surface area contributed by atoms with Crippen molar-refractivity contribution in [2.45, 2.75) is 12.1 Å². The van der Waals surface area contributed by atoms with Crippen molar-refractivity contribution in [2.75, 3.05) is 13.4 Å². The van der Waals surface area contributed by atoms with Crippen LogP contribution in [-0.4, -0.2) is 28.5 Å². The molecule has 1 aromatic rings. The summed E-state index contributed by atoms with van der Waals surface area (Å²) in [6.45, 7) is 1.81. The maximum atomic E-state index is 4.96. The molecule has 1 heterocycles. The van der Waals surface area contributed by atoms with Crippen molar-refractivity contribution in [3.63, 3.8) is 0 Å². The molecular weight excluding hydrogens is 162 g/mol. The Kier molecular flexibility index (Phi) is 2.64. The van der Waals surface area contributed by atoms with E-state index in [0.717, 1.165) is 0 Å². The Morgan fingerprint density at radius 2 is 2.09 bits per heavy atom. The zero-order valence-corrected chi connectivity index (χ0v) is 7.47. The van der Waals surface area contributed by atoms with Gasteiger partial charge in [-0.3, -0.25) is 0 Å². The summed E-state index contributed by atoms with van der Waals surface area (Å²) in [6, 6.07) is 0. The molecule has 11 heavy (non-hydrogen) atoms. The van der Waals surface area contributed by atoms with E-state index in [1.165, 1.54) is 11.8 Å². The summed E-state index contributed by atoms with van der Waals surface area (Å²) in [7, 11) is 1.57. The topological polar surface area (TPSA) is 47.9 Å². The lowest BCUT2D eigenvalue weighted by atomic mass is 10.5. The minimum atomic E-state index is 0.546. The molecule has 0 spiro atoms. The molecule has 0 radical (unpaired) electrons. The summed E-state index contributed by atoms with van der Waals surface area (Å²) in [5, 5.41) is 8.32. The van der Waals surface area contributed by atoms with Gasteiger partial charge in [0.1, 0.15) is 5.69 Å². The van der Waals surface area contributed by atoms with Gasteiger partial charge in [0.05, 0.1) is 7.11 Å². The summed E-state index contributed by atoms with van der Waals surface area (Å²) in [5.74, 6) is 0.546. The molecule has 0 atom stereocenters. The SMILES string of the molecule is COc1nc(SC)nnc1C. The Morgan fingerprint density at radius 1 is 1.36 bits per heavy atom. The Bertz CT molecular complexity index is 254. The van der Waals surface area contributed by atoms with Gasteiger partial charge in [-0.15, -0.1) is 10.2 Å². The van der Waals surface area contributed by atoms with Crippen molar-refractivity contribution < 1.29 is 4.74 Å². The van der Waals surface area contributed by atoms with Gasteiger partial charge in [0, 0.05) is 0 Å². The van der Waals surface area contributed by atoms with Gasteiger partial charge in [0.2, 0.25) is 11.0 Å². The summed E-state index contributed by atoms with van der Waals surface area (Å²) in [4.78, 5) is 4.08. The lowest BCUT2D eigenvalue weighted by Crippen LogP contribution is -1.98. The van der Waals surface area contributed by atoms with E-state index in [9.17, 15) is 0 Å². The van der Waals surface area contributed by atoms with Gasteiger partial charge in [-0.05, 0) is 13.2 Å². The molecule has 0 saturated heterocycles. The lowest BCUT2D eigenvalue weighted by Gasteiger charge is -2.01. The predicted octanol–water partition coefficient (Wildman–Crippen LogP) is 0.911. The smallest absolute Gasteiger partial charge is 0.239 e. The maximum absolute atomic E-state index is 4.96. The van der Waals surface area contributed by atoms with E-state index in [-0.39, 0.29) is 0 Å². The first kappa shape index (κ1) is 8.26. The Hall–Kier alpha value is -0.840. The fourth-order valence-electron chi connectivity index (χ4n) is 0.630. The summed E-state index contributed by atoms with van der Waals surface area (Å²) in [6.07, 6.45) is 1.89. The van der Waals surface area contributed by atoms with Gasteiger partial charge in [-0.2, -0.15) is 4.98 Å². The van der Waals surface area contributed by atoms with Crippen LogP contribution in [0.3, 0.4) is 0 Å². The van der Waals surface area contributed by atoms with E-state index in [1.54, 1.807) is 7.11 Å². The average Bonchev–Trinajstić information content (AvgIpc) is 2.05. The fraction of sp³-hybridized carbons (Fsp3) is 0.500. The lowest BCUT2D eigenvalue weighted by molar-refractivity contribution is 0.383. The molecule has 0 saturated carbocycles. The molecule has 4 nitrogen and oxygen atoms in total. The molecule has 0 bridgehead atoms. The number of ether oxygens (including phenoxy) is 1. The molecule has 1 rings (SSSR count). The van der Waals surface area contributed by atoms with E-state index in [2.05, 4.69) is 15.2 Å². The number of hydrogen-bond donors (Lipinski definition) is 0. The largest absolute Gasteiger partial charge is 0.480 e. The molecule has 0 N–H and O–H groups in total. The second-order valence-electron chi connectivity index (χ2n) is 1.89. The van der Waals surface area contributed by atoms with Gasteiger partial charge in [-0.25, -0.2) is 0 Å². The van der Waals surface area contributed by atoms with Crippen molar-refractivity contribution in [1.82, 2.24) is 15.2 Å². The Labute approximate surface area is 69.4 Å². The fourth-order valence-corrected chi connectivity index (χ4v) is 0.927. The molecular formula is C6H9N3OS. The summed E-state index contributed by atoms with van der Waals surface area (Å²) < 4.78 is 4.96. The number of aryl methyl sites for hydroxylation is 1. The van der Waals surface area contributed by atoms with Gasteiger partial charge in [-0.1, -0.05) is 11.8 Å². The maximum Gasteiger partial charge on any atom is 0.239 e. The number of rotatable bonds is 2. The molecule has 0 fully saturated rings. The molecule has 0 aromatic carbocycles. The van der Waals surface area contributed by atoms with Crippen LogP contribution in [0.4, 0.5) is 0 Å². The van der Waals surface area contributed by atoms with E-state index in [0.29, 0.717) is 16.7 Å². The van der Waals surface area contributed by atoms with Crippen LogP contribution in [0.25, 0.3) is 0 Å². The number of hydrogen-bond acceptors (Lipinski definition) is 5. The predicted molar refractivity (Wildman–Crippen MR) is 42.9 cm³/mol. The van der Waals surface area contributed by atoms with E-state index >= 15 is 0 Å². The molecule has 60 valence electrons. The molecule has 5 heteroatoms. The van der Waals surface area contributed by atoms with Crippen LogP contribution in [0.1, 0.15) is 5.69 Å². The third-order valence-electron chi connectivity index (χ3n) is 1.17. The number of methoxy groups -OCH3 is 1. The molecule has 0 aliphatic rings. The van der Waals surface area contributed by atoms with Crippen molar-refractivity contribution in [3.05, 3.63) is 5.69 Å². The highest BCUT2D eigenvalue weighted by molar-refractivity contribution is 7.98. The zero-order valence-electron chi connectivity index (χ0n) is 6.66. The molecule has 0 aliphatic heterocycles. The Morgan fingerprint density at radius 3 is 2.64 bits per heavy atom. The first-order chi connectivity index (χ1) is 5.27. The molecule has 0 amide bonds. The van der Waals surface area contributed by atoms with Crippen LogP contribution in [0.15, 0.2) is 5.16 Å². The van der Waals surface area contributed by atoms with Crippen LogP contribution in [0.5, 0.6) is 5.88 Å². The quantitative estimate of drug-likeness (QED) is 0.619. The van der Waals surface area contributed by atoms with Gasteiger partial charge in [0.25, 0.3) is 0 Å². The molecule has 1 aromatic heterocycles. The standard InChI is InChI=1S/C6H9N3OS/c1-4-5(10-2)7-6(11-3)9-8-4/h1-3H3. The number of thioether (sulfide) groups is 1. The van der Waals surface area contributed by atoms with Crippen molar-refractivity contribution in [2.24, 2.45) is 0 Å². The van der Waals surface area contributed by atoms with Crippen LogP contribution in [0.2, 0.25) is 0 Å². The van der Waals surface area contributed by atoms with E-state index in [1.807, 2.05) is 13.2 Å². The summed E-state index contributed by atoms with van der Waals surface area (Å²) >= 11 is 1.44.